The molecular weight excluding hydrogens is 496 g/mol. The van der Waals surface area contributed by atoms with Crippen LogP contribution in [0.2, 0.25) is 0 Å². The lowest BCUT2D eigenvalue weighted by Gasteiger charge is -2.05. The van der Waals surface area contributed by atoms with Crippen LogP contribution in [0.5, 0.6) is 0 Å². The van der Waals surface area contributed by atoms with Crippen LogP contribution in [0.4, 0.5) is 0 Å². The van der Waals surface area contributed by atoms with E-state index in [0.717, 1.165) is 57.3 Å². The summed E-state index contributed by atoms with van der Waals surface area (Å²) < 4.78 is 5.70. The van der Waals surface area contributed by atoms with Gasteiger partial charge in [0.1, 0.15) is 0 Å². The summed E-state index contributed by atoms with van der Waals surface area (Å²) >= 11 is 0. The van der Waals surface area contributed by atoms with Gasteiger partial charge >= 0.3 is 0 Å². The SMILES string of the molecule is CC(/C=C\C=C(/C)CC/C=C(\C)CCCC(C)C)=C/C=C/C=C(/C)CC/C=C(\C)CC/C=C(\C)CCC1OC1(C)C. The van der Waals surface area contributed by atoms with Gasteiger partial charge in [0.2, 0.25) is 0 Å². The molecule has 1 heteroatoms. The number of hydrogen-bond acceptors (Lipinski definition) is 1. The summed E-state index contributed by atoms with van der Waals surface area (Å²) in [6.45, 7) is 22.4. The molecule has 1 atom stereocenters. The minimum absolute atomic E-state index is 0.120. The van der Waals surface area contributed by atoms with Gasteiger partial charge in [-0.25, -0.2) is 0 Å². The predicted octanol–water partition coefficient (Wildman–Crippen LogP) is 12.9. The van der Waals surface area contributed by atoms with Crippen molar-refractivity contribution in [3.63, 3.8) is 0 Å². The van der Waals surface area contributed by atoms with E-state index in [1.807, 2.05) is 0 Å². The van der Waals surface area contributed by atoms with Crippen molar-refractivity contribution in [2.75, 3.05) is 0 Å². The van der Waals surface area contributed by atoms with Gasteiger partial charge < -0.3 is 4.74 Å². The van der Waals surface area contributed by atoms with Crippen LogP contribution in [0.3, 0.4) is 0 Å². The Hall–Kier alpha value is -2.12. The normalized spacial score (nSPS) is 19.3. The fourth-order valence-electron chi connectivity index (χ4n) is 4.85. The van der Waals surface area contributed by atoms with Crippen molar-refractivity contribution in [1.29, 1.82) is 0 Å². The Kier molecular flexibility index (Phi) is 18.6. The van der Waals surface area contributed by atoms with E-state index in [-0.39, 0.29) is 5.60 Å². The highest BCUT2D eigenvalue weighted by Crippen LogP contribution is 2.39. The number of allylic oxidation sites excluding steroid dienone is 16. The van der Waals surface area contributed by atoms with Gasteiger partial charge in [0.05, 0.1) is 11.7 Å². The highest BCUT2D eigenvalue weighted by atomic mass is 16.6. The second-order valence-electron chi connectivity index (χ2n) is 13.5. The quantitative estimate of drug-likeness (QED) is 0.0819. The first-order valence-electron chi connectivity index (χ1n) is 16.4. The molecule has 1 aliphatic rings. The lowest BCUT2D eigenvalue weighted by molar-refractivity contribution is 0.320. The molecule has 1 unspecified atom stereocenters. The summed E-state index contributed by atoms with van der Waals surface area (Å²) in [5, 5.41) is 0. The van der Waals surface area contributed by atoms with Crippen LogP contribution in [0.1, 0.15) is 140 Å². The van der Waals surface area contributed by atoms with Crippen LogP contribution in [-0.2, 0) is 4.74 Å². The molecule has 0 spiro atoms. The average molecular weight is 561 g/mol. The molecule has 0 saturated carbocycles. The minimum atomic E-state index is 0.120. The van der Waals surface area contributed by atoms with Gasteiger partial charge in [-0.3, -0.25) is 0 Å². The third-order valence-corrected chi connectivity index (χ3v) is 8.00. The molecule has 1 nitrogen and oxygen atoms in total. The second kappa shape index (κ2) is 20.7. The standard InChI is InChI=1S/C40H64O/c1-32(2)18-13-21-35(5)24-16-27-36(6)25-14-22-33(3)19-11-12-20-34(4)23-15-26-37(7)28-17-29-38(8)30-31-39-40(9,10)41-39/h11-12,14,19-20,22,24-26,29,32,39H,13,15-18,21,23,27-28,30-31H2,1-10H3/b12-11+,22-14-,33-19-,34-20-,35-24+,36-25+,37-26+,38-29+. The molecule has 0 aromatic rings. The van der Waals surface area contributed by atoms with Crippen molar-refractivity contribution in [2.24, 2.45) is 5.92 Å². The van der Waals surface area contributed by atoms with E-state index in [4.69, 9.17) is 4.74 Å². The molecule has 1 aliphatic heterocycles. The van der Waals surface area contributed by atoms with Crippen LogP contribution in [0, 0.1) is 5.92 Å². The monoisotopic (exact) mass is 560 g/mol. The maximum atomic E-state index is 5.70. The van der Waals surface area contributed by atoms with Gasteiger partial charge in [0.25, 0.3) is 0 Å². The Labute approximate surface area is 256 Å². The second-order valence-corrected chi connectivity index (χ2v) is 13.5. The van der Waals surface area contributed by atoms with E-state index in [1.165, 1.54) is 47.1 Å². The van der Waals surface area contributed by atoms with Crippen LogP contribution in [0.25, 0.3) is 0 Å². The molecule has 1 fully saturated rings. The molecule has 0 bridgehead atoms. The van der Waals surface area contributed by atoms with Gasteiger partial charge in [-0.15, -0.1) is 0 Å². The highest BCUT2D eigenvalue weighted by molar-refractivity contribution is 5.27. The molecule has 41 heavy (non-hydrogen) atoms. The smallest absolute Gasteiger partial charge is 0.0892 e. The molecule has 1 saturated heterocycles. The Morgan fingerprint density at radius 2 is 1.10 bits per heavy atom. The van der Waals surface area contributed by atoms with Gasteiger partial charge in [0, 0.05) is 0 Å². The van der Waals surface area contributed by atoms with Crippen molar-refractivity contribution in [1.82, 2.24) is 0 Å². The van der Waals surface area contributed by atoms with Crippen molar-refractivity contribution in [3.05, 3.63) is 94.2 Å². The molecule has 0 N–H and O–H groups in total. The van der Waals surface area contributed by atoms with Crippen molar-refractivity contribution < 1.29 is 4.74 Å². The van der Waals surface area contributed by atoms with Crippen LogP contribution in [-0.4, -0.2) is 11.7 Å². The number of ether oxygens (including phenoxy) is 1. The van der Waals surface area contributed by atoms with Crippen molar-refractivity contribution in [3.8, 4) is 0 Å². The number of epoxide rings is 1. The summed E-state index contributed by atoms with van der Waals surface area (Å²) in [6, 6.07) is 0. The number of hydrogen-bond donors (Lipinski definition) is 0. The maximum absolute atomic E-state index is 5.70. The predicted molar refractivity (Wildman–Crippen MR) is 185 cm³/mol. The Bertz CT molecular complexity index is 999. The van der Waals surface area contributed by atoms with E-state index >= 15 is 0 Å². The molecule has 0 aromatic carbocycles. The lowest BCUT2D eigenvalue weighted by atomic mass is 10.0. The topological polar surface area (TPSA) is 12.5 Å². The lowest BCUT2D eigenvalue weighted by Crippen LogP contribution is -2.02. The van der Waals surface area contributed by atoms with Crippen LogP contribution >= 0.6 is 0 Å². The fraction of sp³-hybridized carbons (Fsp3) is 0.600. The van der Waals surface area contributed by atoms with Gasteiger partial charge in [-0.2, -0.15) is 0 Å². The Morgan fingerprint density at radius 3 is 1.63 bits per heavy atom. The van der Waals surface area contributed by atoms with E-state index in [0.29, 0.717) is 6.10 Å². The Balaban J connectivity index is 2.28. The van der Waals surface area contributed by atoms with E-state index in [9.17, 15) is 0 Å². The van der Waals surface area contributed by atoms with E-state index in [1.54, 1.807) is 5.57 Å². The zero-order chi connectivity index (χ0) is 30.7. The maximum Gasteiger partial charge on any atom is 0.0892 e. The molecule has 0 amide bonds. The molecular formula is C40H64O. The van der Waals surface area contributed by atoms with Gasteiger partial charge in [-0.05, 0) is 126 Å². The zero-order valence-electron chi connectivity index (χ0n) is 28.6. The van der Waals surface area contributed by atoms with Crippen LogP contribution < -0.4 is 0 Å². The summed E-state index contributed by atoms with van der Waals surface area (Å²) in [6.07, 6.45) is 36.2. The number of rotatable bonds is 20. The third kappa shape index (κ3) is 20.4. The molecule has 1 heterocycles. The van der Waals surface area contributed by atoms with Crippen molar-refractivity contribution >= 4 is 0 Å². The Morgan fingerprint density at radius 1 is 0.634 bits per heavy atom. The summed E-state index contributed by atoms with van der Waals surface area (Å²) in [5.41, 5.74) is 8.80. The molecule has 1 rings (SSSR count). The first-order valence-corrected chi connectivity index (χ1v) is 16.4. The molecule has 230 valence electrons. The largest absolute Gasteiger partial charge is 0.367 e. The average Bonchev–Trinajstić information content (AvgIpc) is 3.51. The van der Waals surface area contributed by atoms with Gasteiger partial charge in [-0.1, -0.05) is 114 Å². The third-order valence-electron chi connectivity index (χ3n) is 8.00. The first kappa shape index (κ1) is 36.9. The van der Waals surface area contributed by atoms with E-state index < -0.39 is 0 Å². The van der Waals surface area contributed by atoms with Gasteiger partial charge in [0.15, 0.2) is 0 Å². The molecule has 0 radical (unpaired) electrons. The van der Waals surface area contributed by atoms with Crippen molar-refractivity contribution in [2.45, 2.75) is 152 Å². The first-order chi connectivity index (χ1) is 19.4. The highest BCUT2D eigenvalue weighted by Gasteiger charge is 2.46. The summed E-state index contributed by atoms with van der Waals surface area (Å²) in [7, 11) is 0. The summed E-state index contributed by atoms with van der Waals surface area (Å²) in [4.78, 5) is 0. The molecule has 0 aliphatic carbocycles. The summed E-state index contributed by atoms with van der Waals surface area (Å²) in [5.74, 6) is 0.814. The fourth-order valence-corrected chi connectivity index (χ4v) is 4.85. The minimum Gasteiger partial charge on any atom is -0.367 e. The van der Waals surface area contributed by atoms with Crippen LogP contribution in [0.15, 0.2) is 94.2 Å². The molecule has 0 aromatic heterocycles. The zero-order valence-corrected chi connectivity index (χ0v) is 28.6. The van der Waals surface area contributed by atoms with E-state index in [2.05, 4.69) is 130 Å².